The molecule has 2 N–H and O–H groups in total. The average Bonchev–Trinajstić information content (AvgIpc) is 2.78. The molecule has 2 amide bonds. The fourth-order valence-electron chi connectivity index (χ4n) is 2.12. The number of halogens is 1. The smallest absolute Gasteiger partial charge is 0.281 e. The van der Waals surface area contributed by atoms with Crippen LogP contribution in [0.3, 0.4) is 0 Å². The Bertz CT molecular complexity index is 787. The summed E-state index contributed by atoms with van der Waals surface area (Å²) in [4.78, 5) is 25.3. The van der Waals surface area contributed by atoms with Gasteiger partial charge in [-0.1, -0.05) is 18.2 Å². The number of para-hydroxylation sites is 1. The highest BCUT2D eigenvalue weighted by Crippen LogP contribution is 2.25. The van der Waals surface area contributed by atoms with Crippen LogP contribution in [0, 0.1) is 5.82 Å². The van der Waals surface area contributed by atoms with Gasteiger partial charge in [-0.05, 0) is 24.3 Å². The first-order valence-corrected chi connectivity index (χ1v) is 6.47. The van der Waals surface area contributed by atoms with Crippen LogP contribution in [0.25, 0.3) is 0 Å². The van der Waals surface area contributed by atoms with Crippen LogP contribution < -0.4 is 10.2 Å². The lowest BCUT2D eigenvalue weighted by molar-refractivity contribution is -0.120. The highest BCUT2D eigenvalue weighted by Gasteiger charge is 2.32. The first kappa shape index (κ1) is 13.8. The van der Waals surface area contributed by atoms with Gasteiger partial charge in [0.05, 0.1) is 5.69 Å². The van der Waals surface area contributed by atoms with Crippen LogP contribution in [0.15, 0.2) is 60.3 Å². The van der Waals surface area contributed by atoms with Gasteiger partial charge in [0.1, 0.15) is 5.70 Å². The van der Waals surface area contributed by atoms with Gasteiger partial charge in [-0.15, -0.1) is 0 Å². The molecule has 0 saturated heterocycles. The molecular weight excluding hydrogens is 287 g/mol. The number of nitrogens with zero attached hydrogens (tertiary/aromatic N) is 1. The third-order valence-electron chi connectivity index (χ3n) is 3.16. The molecule has 0 saturated carbocycles. The molecule has 3 rings (SSSR count). The van der Waals surface area contributed by atoms with Crippen molar-refractivity contribution in [1.29, 1.82) is 0 Å². The quantitative estimate of drug-likeness (QED) is 0.674. The Labute approximate surface area is 125 Å². The van der Waals surface area contributed by atoms with Crippen LogP contribution in [0.2, 0.25) is 0 Å². The Balaban J connectivity index is 1.84. The van der Waals surface area contributed by atoms with Gasteiger partial charge in [-0.2, -0.15) is 0 Å². The number of phenols is 1. The number of anilines is 2. The second-order valence-electron chi connectivity index (χ2n) is 4.66. The van der Waals surface area contributed by atoms with E-state index < -0.39 is 23.4 Å². The molecular formula is C16H11FN2O3. The van der Waals surface area contributed by atoms with Crippen molar-refractivity contribution in [3.63, 3.8) is 0 Å². The number of hydrogen-bond donors (Lipinski definition) is 2. The first-order chi connectivity index (χ1) is 10.6. The van der Waals surface area contributed by atoms with Crippen molar-refractivity contribution in [1.82, 2.24) is 0 Å². The summed E-state index contributed by atoms with van der Waals surface area (Å²) in [6.45, 7) is 0. The molecule has 0 spiro atoms. The largest absolute Gasteiger partial charge is 0.505 e. The number of imide groups is 1. The maximum atomic E-state index is 13.3. The fraction of sp³-hybridized carbons (Fsp3) is 0. The van der Waals surface area contributed by atoms with E-state index in [2.05, 4.69) is 5.32 Å². The van der Waals surface area contributed by atoms with E-state index in [9.17, 15) is 14.0 Å². The maximum Gasteiger partial charge on any atom is 0.281 e. The minimum atomic E-state index is -0.817. The Morgan fingerprint density at radius 2 is 1.77 bits per heavy atom. The van der Waals surface area contributed by atoms with Gasteiger partial charge in [0.2, 0.25) is 0 Å². The van der Waals surface area contributed by atoms with Crippen molar-refractivity contribution in [2.75, 3.05) is 10.2 Å². The number of benzene rings is 2. The number of aromatic hydroxyl groups is 1. The molecule has 6 heteroatoms. The molecule has 0 atom stereocenters. The third-order valence-corrected chi connectivity index (χ3v) is 3.16. The molecule has 0 bridgehead atoms. The van der Waals surface area contributed by atoms with E-state index in [-0.39, 0.29) is 11.4 Å². The SMILES string of the molecule is O=C1C=C(Nc2ccc(O)c(F)c2)C(=O)N1c1ccccc1. The van der Waals surface area contributed by atoms with Crippen LogP contribution in [-0.4, -0.2) is 16.9 Å². The van der Waals surface area contributed by atoms with Gasteiger partial charge in [0.15, 0.2) is 11.6 Å². The summed E-state index contributed by atoms with van der Waals surface area (Å²) in [5.74, 6) is -2.30. The first-order valence-electron chi connectivity index (χ1n) is 6.47. The predicted octanol–water partition coefficient (Wildman–Crippen LogP) is 2.40. The second-order valence-corrected chi connectivity index (χ2v) is 4.66. The lowest BCUT2D eigenvalue weighted by Gasteiger charge is -2.15. The molecule has 0 aliphatic carbocycles. The Morgan fingerprint density at radius 3 is 2.45 bits per heavy atom. The fourth-order valence-corrected chi connectivity index (χ4v) is 2.12. The van der Waals surface area contributed by atoms with E-state index in [1.807, 2.05) is 0 Å². The van der Waals surface area contributed by atoms with Gasteiger partial charge in [-0.25, -0.2) is 9.29 Å². The molecule has 0 unspecified atom stereocenters. The number of hydrogen-bond acceptors (Lipinski definition) is 4. The summed E-state index contributed by atoms with van der Waals surface area (Å²) in [7, 11) is 0. The Hall–Kier alpha value is -3.15. The van der Waals surface area contributed by atoms with Gasteiger partial charge in [0, 0.05) is 17.8 Å². The van der Waals surface area contributed by atoms with Crippen molar-refractivity contribution in [3.05, 3.63) is 66.1 Å². The van der Waals surface area contributed by atoms with Crippen LogP contribution in [0.1, 0.15) is 0 Å². The monoisotopic (exact) mass is 298 g/mol. The molecule has 5 nitrogen and oxygen atoms in total. The van der Waals surface area contributed by atoms with Gasteiger partial charge in [0.25, 0.3) is 11.8 Å². The molecule has 110 valence electrons. The highest BCUT2D eigenvalue weighted by molar-refractivity contribution is 6.31. The number of carbonyl (C=O) groups excluding carboxylic acids is 2. The molecule has 22 heavy (non-hydrogen) atoms. The van der Waals surface area contributed by atoms with E-state index in [1.165, 1.54) is 6.07 Å². The minimum Gasteiger partial charge on any atom is -0.505 e. The van der Waals surface area contributed by atoms with E-state index in [4.69, 9.17) is 5.11 Å². The van der Waals surface area contributed by atoms with Crippen molar-refractivity contribution >= 4 is 23.2 Å². The maximum absolute atomic E-state index is 13.3. The van der Waals surface area contributed by atoms with Crippen molar-refractivity contribution in [2.24, 2.45) is 0 Å². The minimum absolute atomic E-state index is 0.0407. The van der Waals surface area contributed by atoms with Gasteiger partial charge in [-0.3, -0.25) is 9.59 Å². The molecule has 1 aliphatic heterocycles. The van der Waals surface area contributed by atoms with Crippen molar-refractivity contribution in [2.45, 2.75) is 0 Å². The molecule has 1 heterocycles. The van der Waals surface area contributed by atoms with Gasteiger partial charge < -0.3 is 10.4 Å². The second kappa shape index (κ2) is 5.33. The normalized spacial score (nSPS) is 14.2. The molecule has 0 fully saturated rings. The lowest BCUT2D eigenvalue weighted by Crippen LogP contribution is -2.31. The van der Waals surface area contributed by atoms with E-state index in [0.29, 0.717) is 5.69 Å². The summed E-state index contributed by atoms with van der Waals surface area (Å²) >= 11 is 0. The summed E-state index contributed by atoms with van der Waals surface area (Å²) in [6, 6.07) is 12.1. The summed E-state index contributed by atoms with van der Waals surface area (Å²) in [6.07, 6.45) is 1.15. The molecule has 1 aliphatic rings. The van der Waals surface area contributed by atoms with Crippen LogP contribution in [0.5, 0.6) is 5.75 Å². The standard InChI is InChI=1S/C16H11FN2O3/c17-12-8-10(6-7-14(12)20)18-13-9-15(21)19(16(13)22)11-4-2-1-3-5-11/h1-9,18,20H. The Kier molecular flexibility index (Phi) is 3.34. The van der Waals surface area contributed by atoms with E-state index in [1.54, 1.807) is 30.3 Å². The third kappa shape index (κ3) is 2.42. The summed E-state index contributed by atoms with van der Waals surface area (Å²) < 4.78 is 13.3. The van der Waals surface area contributed by atoms with E-state index >= 15 is 0 Å². The van der Waals surface area contributed by atoms with E-state index in [0.717, 1.165) is 23.1 Å². The molecule has 0 radical (unpaired) electrons. The number of carbonyl (C=O) groups is 2. The topological polar surface area (TPSA) is 69.6 Å². The van der Waals surface area contributed by atoms with Crippen LogP contribution in [0.4, 0.5) is 15.8 Å². The number of rotatable bonds is 3. The number of nitrogens with one attached hydrogen (secondary N) is 1. The van der Waals surface area contributed by atoms with Crippen molar-refractivity contribution < 1.29 is 19.1 Å². The average molecular weight is 298 g/mol. The molecule has 2 aromatic rings. The zero-order valence-corrected chi connectivity index (χ0v) is 11.3. The highest BCUT2D eigenvalue weighted by atomic mass is 19.1. The van der Waals surface area contributed by atoms with Crippen molar-refractivity contribution in [3.8, 4) is 5.75 Å². The summed E-state index contributed by atoms with van der Waals surface area (Å²) in [5, 5.41) is 11.8. The van der Waals surface area contributed by atoms with Crippen LogP contribution in [-0.2, 0) is 9.59 Å². The predicted molar refractivity (Wildman–Crippen MR) is 78.7 cm³/mol. The van der Waals surface area contributed by atoms with Crippen LogP contribution >= 0.6 is 0 Å². The lowest BCUT2D eigenvalue weighted by atomic mass is 10.2. The molecule has 2 aromatic carbocycles. The summed E-state index contributed by atoms with van der Waals surface area (Å²) in [5.41, 5.74) is 0.763. The number of amides is 2. The number of phenolic OH excluding ortho intramolecular Hbond substituents is 1. The molecule has 0 aromatic heterocycles. The zero-order valence-electron chi connectivity index (χ0n) is 11.3. The van der Waals surface area contributed by atoms with Gasteiger partial charge >= 0.3 is 0 Å². The zero-order chi connectivity index (χ0) is 15.7. The Morgan fingerprint density at radius 1 is 1.05 bits per heavy atom.